The predicted octanol–water partition coefficient (Wildman–Crippen LogP) is 1.99. The summed E-state index contributed by atoms with van der Waals surface area (Å²) in [7, 11) is 0. The summed E-state index contributed by atoms with van der Waals surface area (Å²) in [4.78, 5) is 12.2. The molecule has 2 N–H and O–H groups in total. The van der Waals surface area contributed by atoms with Gasteiger partial charge >= 0.3 is 0 Å². The second kappa shape index (κ2) is 9.15. The Kier molecular flexibility index (Phi) is 7.52. The summed E-state index contributed by atoms with van der Waals surface area (Å²) in [5, 5.41) is 11.7. The molecule has 1 aromatic rings. The van der Waals surface area contributed by atoms with Gasteiger partial charge in [-0.25, -0.2) is 0 Å². The SMILES string of the molecule is CCOc1cc(C(=O)N[C@@H](C)CO)cc(OCC)c1OCC. The lowest BCUT2D eigenvalue weighted by Crippen LogP contribution is -2.35. The first-order valence-electron chi connectivity index (χ1n) is 7.55. The third-order valence-electron chi connectivity index (χ3n) is 2.82. The Labute approximate surface area is 131 Å². The van der Waals surface area contributed by atoms with Crippen molar-refractivity contribution in [2.75, 3.05) is 26.4 Å². The van der Waals surface area contributed by atoms with Gasteiger partial charge in [-0.1, -0.05) is 0 Å². The first kappa shape index (κ1) is 18.1. The maximum atomic E-state index is 12.2. The van der Waals surface area contributed by atoms with Gasteiger partial charge in [0.2, 0.25) is 5.75 Å². The zero-order valence-corrected chi connectivity index (χ0v) is 13.6. The van der Waals surface area contributed by atoms with Crippen molar-refractivity contribution in [1.82, 2.24) is 5.32 Å². The molecule has 0 aliphatic heterocycles. The zero-order valence-electron chi connectivity index (χ0n) is 13.6. The van der Waals surface area contributed by atoms with E-state index in [-0.39, 0.29) is 18.6 Å². The third kappa shape index (κ3) is 4.80. The van der Waals surface area contributed by atoms with Gasteiger partial charge < -0.3 is 24.6 Å². The Bertz CT molecular complexity index is 462. The molecular weight excluding hydrogens is 286 g/mol. The normalized spacial score (nSPS) is 11.7. The summed E-state index contributed by atoms with van der Waals surface area (Å²) < 4.78 is 16.7. The average Bonchev–Trinajstić information content (AvgIpc) is 2.50. The Morgan fingerprint density at radius 3 is 2.00 bits per heavy atom. The summed E-state index contributed by atoms with van der Waals surface area (Å²) in [6.45, 7) is 8.54. The molecule has 22 heavy (non-hydrogen) atoms. The first-order valence-corrected chi connectivity index (χ1v) is 7.55. The van der Waals surface area contributed by atoms with Crippen molar-refractivity contribution < 1.29 is 24.1 Å². The van der Waals surface area contributed by atoms with Crippen LogP contribution >= 0.6 is 0 Å². The standard InChI is InChI=1S/C16H25NO5/c1-5-20-13-8-12(16(19)17-11(4)10-18)9-14(21-6-2)15(13)22-7-3/h8-9,11,18H,5-7,10H2,1-4H3,(H,17,19)/t11-/m0/s1. The van der Waals surface area contributed by atoms with E-state index in [9.17, 15) is 4.79 Å². The highest BCUT2D eigenvalue weighted by molar-refractivity contribution is 5.95. The molecule has 0 unspecified atom stereocenters. The number of ether oxygens (including phenoxy) is 3. The van der Waals surface area contributed by atoms with Gasteiger partial charge in [-0.3, -0.25) is 4.79 Å². The van der Waals surface area contributed by atoms with Gasteiger partial charge in [0, 0.05) is 11.6 Å². The highest BCUT2D eigenvalue weighted by Gasteiger charge is 2.19. The van der Waals surface area contributed by atoms with Gasteiger partial charge in [-0.15, -0.1) is 0 Å². The Balaban J connectivity index is 3.20. The van der Waals surface area contributed by atoms with Crippen LogP contribution in [0.15, 0.2) is 12.1 Å². The third-order valence-corrected chi connectivity index (χ3v) is 2.82. The number of amides is 1. The number of hydrogen-bond donors (Lipinski definition) is 2. The summed E-state index contributed by atoms with van der Waals surface area (Å²) >= 11 is 0. The van der Waals surface area contributed by atoms with E-state index in [0.29, 0.717) is 42.6 Å². The number of aliphatic hydroxyl groups is 1. The number of rotatable bonds is 9. The van der Waals surface area contributed by atoms with Crippen LogP contribution in [0, 0.1) is 0 Å². The second-order valence-electron chi connectivity index (χ2n) is 4.66. The molecule has 0 saturated heterocycles. The smallest absolute Gasteiger partial charge is 0.251 e. The summed E-state index contributed by atoms with van der Waals surface area (Å²) in [6, 6.07) is 2.91. The highest BCUT2D eigenvalue weighted by atomic mass is 16.5. The van der Waals surface area contributed by atoms with E-state index in [1.54, 1.807) is 19.1 Å². The number of hydrogen-bond acceptors (Lipinski definition) is 5. The first-order chi connectivity index (χ1) is 10.6. The molecule has 0 spiro atoms. The lowest BCUT2D eigenvalue weighted by molar-refractivity contribution is 0.0921. The molecular formula is C16H25NO5. The van der Waals surface area contributed by atoms with E-state index in [2.05, 4.69) is 5.32 Å². The number of benzene rings is 1. The lowest BCUT2D eigenvalue weighted by Gasteiger charge is -2.18. The van der Waals surface area contributed by atoms with Crippen molar-refractivity contribution in [3.63, 3.8) is 0 Å². The zero-order chi connectivity index (χ0) is 16.5. The highest BCUT2D eigenvalue weighted by Crippen LogP contribution is 2.39. The molecule has 1 aromatic carbocycles. The van der Waals surface area contributed by atoms with Crippen molar-refractivity contribution in [3.05, 3.63) is 17.7 Å². The van der Waals surface area contributed by atoms with Crippen LogP contribution < -0.4 is 19.5 Å². The fraction of sp³-hybridized carbons (Fsp3) is 0.562. The topological polar surface area (TPSA) is 77.0 Å². The minimum Gasteiger partial charge on any atom is -0.490 e. The molecule has 6 nitrogen and oxygen atoms in total. The van der Waals surface area contributed by atoms with E-state index in [1.807, 2.05) is 20.8 Å². The molecule has 0 aliphatic carbocycles. The van der Waals surface area contributed by atoms with Crippen molar-refractivity contribution >= 4 is 5.91 Å². The molecule has 1 amide bonds. The van der Waals surface area contributed by atoms with Crippen molar-refractivity contribution in [3.8, 4) is 17.2 Å². The van der Waals surface area contributed by atoms with Crippen molar-refractivity contribution in [2.24, 2.45) is 0 Å². The monoisotopic (exact) mass is 311 g/mol. The fourth-order valence-electron chi connectivity index (χ4n) is 1.87. The number of nitrogens with one attached hydrogen (secondary N) is 1. The van der Waals surface area contributed by atoms with E-state index in [0.717, 1.165) is 0 Å². The molecule has 124 valence electrons. The predicted molar refractivity (Wildman–Crippen MR) is 84.0 cm³/mol. The minimum absolute atomic E-state index is 0.126. The fourth-order valence-corrected chi connectivity index (χ4v) is 1.87. The number of aliphatic hydroxyl groups excluding tert-OH is 1. The van der Waals surface area contributed by atoms with Gasteiger partial charge in [0.25, 0.3) is 5.91 Å². The molecule has 0 aliphatic rings. The molecule has 0 saturated carbocycles. The molecule has 0 heterocycles. The van der Waals surface area contributed by atoms with Crippen LogP contribution in [-0.4, -0.2) is 43.5 Å². The van der Waals surface area contributed by atoms with Gasteiger partial charge in [-0.2, -0.15) is 0 Å². The number of carbonyl (C=O) groups is 1. The Morgan fingerprint density at radius 1 is 1.09 bits per heavy atom. The van der Waals surface area contributed by atoms with Gasteiger partial charge in [0.05, 0.1) is 26.4 Å². The van der Waals surface area contributed by atoms with Crippen LogP contribution in [-0.2, 0) is 0 Å². The van der Waals surface area contributed by atoms with E-state index >= 15 is 0 Å². The largest absolute Gasteiger partial charge is 0.490 e. The second-order valence-corrected chi connectivity index (χ2v) is 4.66. The molecule has 0 fully saturated rings. The van der Waals surface area contributed by atoms with Crippen LogP contribution in [0.4, 0.5) is 0 Å². The van der Waals surface area contributed by atoms with Gasteiger partial charge in [0.15, 0.2) is 11.5 Å². The molecule has 1 atom stereocenters. The van der Waals surface area contributed by atoms with Crippen LogP contribution in [0.1, 0.15) is 38.1 Å². The minimum atomic E-state index is -0.329. The molecule has 1 rings (SSSR count). The van der Waals surface area contributed by atoms with Crippen molar-refractivity contribution in [1.29, 1.82) is 0 Å². The maximum absolute atomic E-state index is 12.2. The Morgan fingerprint density at radius 2 is 1.59 bits per heavy atom. The van der Waals surface area contributed by atoms with E-state index in [4.69, 9.17) is 19.3 Å². The summed E-state index contributed by atoms with van der Waals surface area (Å²) in [5.41, 5.74) is 0.399. The average molecular weight is 311 g/mol. The van der Waals surface area contributed by atoms with Gasteiger partial charge in [0.1, 0.15) is 0 Å². The summed E-state index contributed by atoms with van der Waals surface area (Å²) in [5.74, 6) is 1.14. The molecule has 0 bridgehead atoms. The molecule has 0 radical (unpaired) electrons. The number of carbonyl (C=O) groups excluding carboxylic acids is 1. The van der Waals surface area contributed by atoms with Crippen LogP contribution in [0.3, 0.4) is 0 Å². The maximum Gasteiger partial charge on any atom is 0.251 e. The van der Waals surface area contributed by atoms with Crippen LogP contribution in [0.5, 0.6) is 17.2 Å². The van der Waals surface area contributed by atoms with E-state index in [1.165, 1.54) is 0 Å². The molecule has 6 heteroatoms. The van der Waals surface area contributed by atoms with Crippen LogP contribution in [0.2, 0.25) is 0 Å². The van der Waals surface area contributed by atoms with Crippen molar-refractivity contribution in [2.45, 2.75) is 33.7 Å². The Hall–Kier alpha value is -1.95. The van der Waals surface area contributed by atoms with Gasteiger partial charge in [-0.05, 0) is 39.8 Å². The quantitative estimate of drug-likeness (QED) is 0.729. The molecule has 0 aromatic heterocycles. The van der Waals surface area contributed by atoms with E-state index < -0.39 is 0 Å². The van der Waals surface area contributed by atoms with Crippen LogP contribution in [0.25, 0.3) is 0 Å². The summed E-state index contributed by atoms with van der Waals surface area (Å²) in [6.07, 6.45) is 0. The lowest BCUT2D eigenvalue weighted by atomic mass is 10.1.